The van der Waals surface area contributed by atoms with Crippen LogP contribution in [0.1, 0.15) is 64.7 Å². The van der Waals surface area contributed by atoms with Gasteiger partial charge in [-0.2, -0.15) is 0 Å². The van der Waals surface area contributed by atoms with Crippen molar-refractivity contribution >= 4 is 23.2 Å². The zero-order chi connectivity index (χ0) is 18.6. The Morgan fingerprint density at radius 2 is 2.00 bits per heavy atom. The number of rotatable bonds is 5. The molecule has 2 amide bonds. The van der Waals surface area contributed by atoms with Gasteiger partial charge in [-0.25, -0.2) is 0 Å². The number of thiophene rings is 1. The molecule has 5 nitrogen and oxygen atoms in total. The second kappa shape index (κ2) is 8.21. The van der Waals surface area contributed by atoms with Gasteiger partial charge in [0, 0.05) is 29.9 Å². The van der Waals surface area contributed by atoms with Crippen LogP contribution in [0.5, 0.6) is 0 Å². The fourth-order valence-corrected chi connectivity index (χ4v) is 5.18. The van der Waals surface area contributed by atoms with Crippen LogP contribution in [0.2, 0.25) is 0 Å². The minimum absolute atomic E-state index is 0.0318. The molecule has 2 aliphatic rings. The summed E-state index contributed by atoms with van der Waals surface area (Å²) in [7, 11) is 0. The SMILES string of the molecule is O=C(NC1CCCC1)c1ccc(C2CCCN2C(=O)Cc2cccnc2)s1. The molecule has 1 aliphatic carbocycles. The third kappa shape index (κ3) is 4.21. The molecular weight excluding hydrogens is 358 g/mol. The molecule has 1 aliphatic heterocycles. The fourth-order valence-electron chi connectivity index (χ4n) is 4.12. The summed E-state index contributed by atoms with van der Waals surface area (Å²) in [5, 5.41) is 3.15. The molecule has 0 radical (unpaired) electrons. The summed E-state index contributed by atoms with van der Waals surface area (Å²) in [4.78, 5) is 33.2. The van der Waals surface area contributed by atoms with Crippen LogP contribution < -0.4 is 5.32 Å². The molecule has 1 saturated heterocycles. The summed E-state index contributed by atoms with van der Waals surface area (Å²) in [6.45, 7) is 0.783. The number of likely N-dealkylation sites (tertiary alicyclic amines) is 1. The number of hydrogen-bond acceptors (Lipinski definition) is 4. The molecule has 2 aromatic rings. The molecule has 0 bridgehead atoms. The molecule has 142 valence electrons. The maximum Gasteiger partial charge on any atom is 0.261 e. The van der Waals surface area contributed by atoms with Crippen molar-refractivity contribution in [2.45, 2.75) is 57.0 Å². The Hall–Kier alpha value is -2.21. The molecule has 1 saturated carbocycles. The van der Waals surface area contributed by atoms with Gasteiger partial charge in [0.15, 0.2) is 0 Å². The molecule has 6 heteroatoms. The van der Waals surface area contributed by atoms with Crippen molar-refractivity contribution in [1.82, 2.24) is 15.2 Å². The van der Waals surface area contributed by atoms with Crippen LogP contribution >= 0.6 is 11.3 Å². The summed E-state index contributed by atoms with van der Waals surface area (Å²) >= 11 is 1.53. The molecule has 3 heterocycles. The van der Waals surface area contributed by atoms with Crippen molar-refractivity contribution in [2.24, 2.45) is 0 Å². The van der Waals surface area contributed by atoms with Gasteiger partial charge in [0.2, 0.25) is 5.91 Å². The van der Waals surface area contributed by atoms with Crippen molar-refractivity contribution in [2.75, 3.05) is 6.54 Å². The Morgan fingerprint density at radius 1 is 1.15 bits per heavy atom. The monoisotopic (exact) mass is 383 g/mol. The summed E-state index contributed by atoms with van der Waals surface area (Å²) in [5.74, 6) is 0.167. The van der Waals surface area contributed by atoms with Crippen molar-refractivity contribution < 1.29 is 9.59 Å². The van der Waals surface area contributed by atoms with E-state index in [2.05, 4.69) is 10.3 Å². The molecule has 0 aromatic carbocycles. The third-order valence-electron chi connectivity index (χ3n) is 5.52. The smallest absolute Gasteiger partial charge is 0.261 e. The molecule has 2 fully saturated rings. The fraction of sp³-hybridized carbons (Fsp3) is 0.476. The van der Waals surface area contributed by atoms with Crippen molar-refractivity contribution in [3.63, 3.8) is 0 Å². The quantitative estimate of drug-likeness (QED) is 0.856. The van der Waals surface area contributed by atoms with E-state index in [9.17, 15) is 9.59 Å². The van der Waals surface area contributed by atoms with Gasteiger partial charge in [-0.05, 0) is 49.4 Å². The predicted molar refractivity (Wildman–Crippen MR) is 106 cm³/mol. The maximum atomic E-state index is 12.8. The number of carbonyl (C=O) groups is 2. The molecule has 4 rings (SSSR count). The minimum atomic E-state index is 0.0318. The van der Waals surface area contributed by atoms with Crippen LogP contribution in [0.15, 0.2) is 36.7 Å². The molecule has 27 heavy (non-hydrogen) atoms. The number of pyridine rings is 1. The van der Waals surface area contributed by atoms with Crippen LogP contribution in [0, 0.1) is 0 Å². The number of amides is 2. The van der Waals surface area contributed by atoms with E-state index in [1.54, 1.807) is 12.4 Å². The van der Waals surface area contributed by atoms with Gasteiger partial charge >= 0.3 is 0 Å². The van der Waals surface area contributed by atoms with Gasteiger partial charge in [0.1, 0.15) is 0 Å². The van der Waals surface area contributed by atoms with Gasteiger partial charge < -0.3 is 10.2 Å². The lowest BCUT2D eigenvalue weighted by Crippen LogP contribution is -2.32. The van der Waals surface area contributed by atoms with Crippen LogP contribution in [-0.4, -0.2) is 34.3 Å². The Labute approximate surface area is 163 Å². The topological polar surface area (TPSA) is 62.3 Å². The van der Waals surface area contributed by atoms with E-state index in [0.29, 0.717) is 12.5 Å². The lowest BCUT2D eigenvalue weighted by molar-refractivity contribution is -0.131. The van der Waals surface area contributed by atoms with Crippen LogP contribution in [0.25, 0.3) is 0 Å². The molecule has 1 N–H and O–H groups in total. The number of nitrogens with zero attached hydrogens (tertiary/aromatic N) is 2. The molecule has 0 spiro atoms. The van der Waals surface area contributed by atoms with Crippen LogP contribution in [-0.2, 0) is 11.2 Å². The normalized spacial score (nSPS) is 20.1. The highest BCUT2D eigenvalue weighted by atomic mass is 32.1. The first-order valence-corrected chi connectivity index (χ1v) is 10.6. The first kappa shape index (κ1) is 18.2. The van der Waals surface area contributed by atoms with Gasteiger partial charge in [0.05, 0.1) is 17.3 Å². The first-order valence-electron chi connectivity index (χ1n) is 9.79. The van der Waals surface area contributed by atoms with E-state index in [0.717, 1.165) is 47.5 Å². The first-order chi connectivity index (χ1) is 13.2. The minimum Gasteiger partial charge on any atom is -0.349 e. The molecule has 2 aromatic heterocycles. The highest BCUT2D eigenvalue weighted by Crippen LogP contribution is 2.36. The molecule has 1 atom stereocenters. The van der Waals surface area contributed by atoms with E-state index in [-0.39, 0.29) is 17.9 Å². The van der Waals surface area contributed by atoms with Gasteiger partial charge in [0.25, 0.3) is 5.91 Å². The van der Waals surface area contributed by atoms with E-state index in [1.807, 2.05) is 29.2 Å². The van der Waals surface area contributed by atoms with Gasteiger partial charge in [-0.1, -0.05) is 18.9 Å². The number of hydrogen-bond donors (Lipinski definition) is 1. The highest BCUT2D eigenvalue weighted by Gasteiger charge is 2.31. The predicted octanol–water partition coefficient (Wildman–Crippen LogP) is 3.72. The summed E-state index contributed by atoms with van der Waals surface area (Å²) in [6, 6.07) is 8.14. The van der Waals surface area contributed by atoms with E-state index >= 15 is 0 Å². The molecular formula is C21H25N3O2S. The number of nitrogens with one attached hydrogen (secondary N) is 1. The standard InChI is InChI=1S/C21H25N3O2S/c25-20(13-15-5-3-11-22-14-15)24-12-4-8-17(24)18-9-10-19(27-18)21(26)23-16-6-1-2-7-16/h3,5,9-11,14,16-17H,1-2,4,6-8,12-13H2,(H,23,26). The van der Waals surface area contributed by atoms with Crippen molar-refractivity contribution in [3.8, 4) is 0 Å². The lowest BCUT2D eigenvalue weighted by Gasteiger charge is -2.24. The number of aromatic nitrogens is 1. The summed E-state index contributed by atoms with van der Waals surface area (Å²) < 4.78 is 0. The zero-order valence-electron chi connectivity index (χ0n) is 15.4. The van der Waals surface area contributed by atoms with Gasteiger partial charge in [-0.15, -0.1) is 11.3 Å². The average Bonchev–Trinajstić information content (AvgIpc) is 3.43. The Kier molecular flexibility index (Phi) is 5.53. The van der Waals surface area contributed by atoms with Crippen LogP contribution in [0.3, 0.4) is 0 Å². The Balaban J connectivity index is 1.42. The summed E-state index contributed by atoms with van der Waals surface area (Å²) in [5.41, 5.74) is 0.941. The van der Waals surface area contributed by atoms with E-state index in [4.69, 9.17) is 0 Å². The largest absolute Gasteiger partial charge is 0.349 e. The van der Waals surface area contributed by atoms with Crippen LogP contribution in [0.4, 0.5) is 0 Å². The van der Waals surface area contributed by atoms with Crippen molar-refractivity contribution in [1.29, 1.82) is 0 Å². The molecule has 1 unspecified atom stereocenters. The van der Waals surface area contributed by atoms with Crippen molar-refractivity contribution in [3.05, 3.63) is 52.0 Å². The Morgan fingerprint density at radius 3 is 2.78 bits per heavy atom. The third-order valence-corrected chi connectivity index (χ3v) is 6.71. The Bertz CT molecular complexity index is 799. The lowest BCUT2D eigenvalue weighted by atomic mass is 10.1. The highest BCUT2D eigenvalue weighted by molar-refractivity contribution is 7.14. The maximum absolute atomic E-state index is 12.8. The van der Waals surface area contributed by atoms with E-state index < -0.39 is 0 Å². The summed E-state index contributed by atoms with van der Waals surface area (Å²) in [6.07, 6.45) is 10.4. The van der Waals surface area contributed by atoms with Gasteiger partial charge in [-0.3, -0.25) is 14.6 Å². The van der Waals surface area contributed by atoms with E-state index in [1.165, 1.54) is 24.2 Å². The number of carbonyl (C=O) groups excluding carboxylic acids is 2. The zero-order valence-corrected chi connectivity index (χ0v) is 16.2. The second-order valence-corrected chi connectivity index (χ2v) is 8.56. The average molecular weight is 384 g/mol. The second-order valence-electron chi connectivity index (χ2n) is 7.44.